The number of ether oxygens (including phenoxy) is 5. The minimum atomic E-state index is -0.447. The summed E-state index contributed by atoms with van der Waals surface area (Å²) in [5.74, 6) is 0.779. The van der Waals surface area contributed by atoms with E-state index >= 15 is 0 Å². The van der Waals surface area contributed by atoms with Crippen molar-refractivity contribution in [3.63, 3.8) is 0 Å². The Bertz CT molecular complexity index is 518. The van der Waals surface area contributed by atoms with Crippen molar-refractivity contribution in [2.75, 3.05) is 20.3 Å². The van der Waals surface area contributed by atoms with Gasteiger partial charge in [-0.1, -0.05) is 12.1 Å². The first-order chi connectivity index (χ1) is 11.6. The molecule has 1 fully saturated rings. The van der Waals surface area contributed by atoms with Crippen molar-refractivity contribution in [3.8, 4) is 5.75 Å². The van der Waals surface area contributed by atoms with E-state index < -0.39 is 6.29 Å². The summed E-state index contributed by atoms with van der Waals surface area (Å²) in [5, 5.41) is 0. The Hall–Kier alpha value is -1.14. The van der Waals surface area contributed by atoms with E-state index in [1.165, 1.54) is 0 Å². The van der Waals surface area contributed by atoms with Crippen LogP contribution >= 0.6 is 0 Å². The average molecular weight is 352 g/mol. The van der Waals surface area contributed by atoms with Crippen molar-refractivity contribution in [3.05, 3.63) is 29.8 Å². The molecule has 0 aromatic heterocycles. The van der Waals surface area contributed by atoms with Crippen LogP contribution in [0.3, 0.4) is 0 Å². The molecule has 5 heteroatoms. The molecular formula is C20H32O5. The van der Waals surface area contributed by atoms with E-state index in [4.69, 9.17) is 23.7 Å². The number of hydrogen-bond donors (Lipinski definition) is 0. The van der Waals surface area contributed by atoms with Gasteiger partial charge in [-0.15, -0.1) is 0 Å². The van der Waals surface area contributed by atoms with Gasteiger partial charge in [0.2, 0.25) is 0 Å². The van der Waals surface area contributed by atoms with Gasteiger partial charge in [0.05, 0.1) is 31.5 Å². The zero-order chi connectivity index (χ0) is 18.7. The van der Waals surface area contributed by atoms with Gasteiger partial charge in [0.1, 0.15) is 18.0 Å². The van der Waals surface area contributed by atoms with Crippen LogP contribution in [0.4, 0.5) is 0 Å². The van der Waals surface area contributed by atoms with E-state index in [1.807, 2.05) is 65.8 Å². The molecule has 1 aliphatic heterocycles. The molecule has 1 heterocycles. The smallest absolute Gasteiger partial charge is 0.185 e. The summed E-state index contributed by atoms with van der Waals surface area (Å²) < 4.78 is 29.4. The Balaban J connectivity index is 2.08. The monoisotopic (exact) mass is 352 g/mol. The van der Waals surface area contributed by atoms with Crippen LogP contribution in [-0.2, 0) is 18.9 Å². The largest absolute Gasteiger partial charge is 0.497 e. The van der Waals surface area contributed by atoms with Gasteiger partial charge in [-0.05, 0) is 53.7 Å². The van der Waals surface area contributed by atoms with E-state index in [0.29, 0.717) is 13.2 Å². The molecule has 2 atom stereocenters. The third kappa shape index (κ3) is 6.59. The number of methoxy groups -OCH3 is 1. The van der Waals surface area contributed by atoms with Crippen molar-refractivity contribution in [1.29, 1.82) is 0 Å². The second kappa shape index (κ2) is 8.04. The van der Waals surface area contributed by atoms with E-state index in [0.717, 1.165) is 11.3 Å². The molecule has 0 saturated carbocycles. The van der Waals surface area contributed by atoms with E-state index in [9.17, 15) is 0 Å². The van der Waals surface area contributed by atoms with Crippen LogP contribution in [0.2, 0.25) is 0 Å². The van der Waals surface area contributed by atoms with Crippen LogP contribution in [0.5, 0.6) is 5.75 Å². The standard InChI is InChI=1S/C20H32O5/c1-19(2,3)22-12-16-17(13-23-20(4,5)6)25-18(24-16)14-9-8-10-15(11-14)21-7/h8-11,16-18H,12-13H2,1-7H3/t16-,17-/m0/s1. The highest BCUT2D eigenvalue weighted by Gasteiger charge is 2.38. The molecule has 1 aromatic carbocycles. The van der Waals surface area contributed by atoms with Gasteiger partial charge in [0.25, 0.3) is 0 Å². The second-order valence-corrected chi connectivity index (χ2v) is 8.30. The van der Waals surface area contributed by atoms with Crippen molar-refractivity contribution in [1.82, 2.24) is 0 Å². The van der Waals surface area contributed by atoms with E-state index in [2.05, 4.69) is 0 Å². The Labute approximate surface area is 151 Å². The number of benzene rings is 1. The molecule has 1 saturated heterocycles. The van der Waals surface area contributed by atoms with E-state index in [1.54, 1.807) is 7.11 Å². The van der Waals surface area contributed by atoms with Crippen LogP contribution in [0.25, 0.3) is 0 Å². The van der Waals surface area contributed by atoms with Gasteiger partial charge < -0.3 is 23.7 Å². The lowest BCUT2D eigenvalue weighted by Crippen LogP contribution is -2.37. The molecule has 5 nitrogen and oxygen atoms in total. The summed E-state index contributed by atoms with van der Waals surface area (Å²) in [7, 11) is 1.65. The van der Waals surface area contributed by atoms with Gasteiger partial charge in [-0.25, -0.2) is 0 Å². The summed E-state index contributed by atoms with van der Waals surface area (Å²) >= 11 is 0. The highest BCUT2D eigenvalue weighted by molar-refractivity contribution is 5.29. The first-order valence-electron chi connectivity index (χ1n) is 8.80. The summed E-state index contributed by atoms with van der Waals surface area (Å²) in [6.45, 7) is 13.1. The minimum absolute atomic E-state index is 0.183. The first kappa shape index (κ1) is 20.2. The van der Waals surface area contributed by atoms with Crippen molar-refractivity contribution < 1.29 is 23.7 Å². The van der Waals surface area contributed by atoms with Crippen LogP contribution in [0.15, 0.2) is 24.3 Å². The van der Waals surface area contributed by atoms with Crippen LogP contribution < -0.4 is 4.74 Å². The molecular weight excluding hydrogens is 320 g/mol. The van der Waals surface area contributed by atoms with E-state index in [-0.39, 0.29) is 23.4 Å². The van der Waals surface area contributed by atoms with Gasteiger partial charge in [-0.2, -0.15) is 0 Å². The quantitative estimate of drug-likeness (QED) is 0.771. The third-order valence-corrected chi connectivity index (χ3v) is 3.74. The van der Waals surface area contributed by atoms with Crippen molar-refractivity contribution >= 4 is 0 Å². The fourth-order valence-electron chi connectivity index (χ4n) is 2.43. The second-order valence-electron chi connectivity index (χ2n) is 8.30. The maximum atomic E-state index is 6.14. The average Bonchev–Trinajstić information content (AvgIpc) is 2.93. The van der Waals surface area contributed by atoms with Crippen molar-refractivity contribution in [2.45, 2.75) is 71.2 Å². The molecule has 1 aliphatic rings. The highest BCUT2D eigenvalue weighted by atomic mass is 16.7. The van der Waals surface area contributed by atoms with Crippen LogP contribution in [0, 0.1) is 0 Å². The van der Waals surface area contributed by atoms with Gasteiger partial charge >= 0.3 is 0 Å². The molecule has 2 rings (SSSR count). The Morgan fingerprint density at radius 1 is 0.880 bits per heavy atom. The summed E-state index contributed by atoms with van der Waals surface area (Å²) in [6.07, 6.45) is -0.812. The minimum Gasteiger partial charge on any atom is -0.497 e. The van der Waals surface area contributed by atoms with Gasteiger partial charge in [0.15, 0.2) is 6.29 Å². The molecule has 0 aliphatic carbocycles. The summed E-state index contributed by atoms with van der Waals surface area (Å²) in [4.78, 5) is 0. The fourth-order valence-corrected chi connectivity index (χ4v) is 2.43. The zero-order valence-corrected chi connectivity index (χ0v) is 16.5. The Morgan fingerprint density at radius 3 is 1.84 bits per heavy atom. The number of rotatable bonds is 6. The lowest BCUT2D eigenvalue weighted by atomic mass is 10.1. The van der Waals surface area contributed by atoms with Gasteiger partial charge in [-0.3, -0.25) is 0 Å². The number of hydrogen-bond acceptors (Lipinski definition) is 5. The first-order valence-corrected chi connectivity index (χ1v) is 8.80. The Morgan fingerprint density at radius 2 is 1.40 bits per heavy atom. The maximum Gasteiger partial charge on any atom is 0.185 e. The SMILES string of the molecule is COc1cccc(C2O[C@@H](COC(C)(C)C)[C@H](COC(C)(C)C)O2)c1. The Kier molecular flexibility index (Phi) is 6.49. The maximum absolute atomic E-state index is 6.14. The van der Waals surface area contributed by atoms with Crippen molar-refractivity contribution in [2.24, 2.45) is 0 Å². The molecule has 0 amide bonds. The fraction of sp³-hybridized carbons (Fsp3) is 0.700. The molecule has 0 N–H and O–H groups in total. The lowest BCUT2D eigenvalue weighted by molar-refractivity contribution is -0.0974. The molecule has 0 bridgehead atoms. The normalized spacial score (nSPS) is 22.4. The third-order valence-electron chi connectivity index (χ3n) is 3.74. The molecule has 0 unspecified atom stereocenters. The molecule has 25 heavy (non-hydrogen) atoms. The molecule has 0 radical (unpaired) electrons. The van der Waals surface area contributed by atoms with Crippen LogP contribution in [0.1, 0.15) is 53.4 Å². The topological polar surface area (TPSA) is 46.2 Å². The predicted molar refractivity (Wildman–Crippen MR) is 96.9 cm³/mol. The van der Waals surface area contributed by atoms with Gasteiger partial charge in [0, 0.05) is 5.56 Å². The molecule has 1 aromatic rings. The summed E-state index contributed by atoms with van der Waals surface area (Å²) in [5.41, 5.74) is 0.470. The highest BCUT2D eigenvalue weighted by Crippen LogP contribution is 2.34. The summed E-state index contributed by atoms with van der Waals surface area (Å²) in [6, 6.07) is 7.74. The molecule has 0 spiro atoms. The predicted octanol–water partition coefficient (Wildman–Crippen LogP) is 4.11. The molecule has 142 valence electrons. The van der Waals surface area contributed by atoms with Crippen LogP contribution in [-0.4, -0.2) is 43.7 Å². The zero-order valence-electron chi connectivity index (χ0n) is 16.5. The lowest BCUT2D eigenvalue weighted by Gasteiger charge is -2.26.